The van der Waals surface area contributed by atoms with E-state index in [0.717, 1.165) is 19.5 Å². The van der Waals surface area contributed by atoms with Gasteiger partial charge in [-0.1, -0.05) is 13.8 Å². The molecular weight excluding hydrogens is 260 g/mol. The van der Waals surface area contributed by atoms with Crippen LogP contribution < -0.4 is 5.73 Å². The van der Waals surface area contributed by atoms with Crippen LogP contribution >= 0.6 is 11.3 Å². The average Bonchev–Trinajstić information content (AvgIpc) is 2.87. The van der Waals surface area contributed by atoms with Crippen molar-refractivity contribution in [1.29, 1.82) is 0 Å². The zero-order chi connectivity index (χ0) is 14.0. The van der Waals surface area contributed by atoms with E-state index in [1.807, 2.05) is 11.3 Å². The molecule has 0 amide bonds. The fourth-order valence-corrected chi connectivity index (χ4v) is 3.74. The lowest BCUT2D eigenvalue weighted by molar-refractivity contribution is -0.142. The van der Waals surface area contributed by atoms with E-state index in [2.05, 4.69) is 30.9 Å². The average molecular weight is 282 g/mol. The Morgan fingerprint density at radius 2 is 2.21 bits per heavy atom. The Morgan fingerprint density at radius 3 is 2.79 bits per heavy atom. The minimum Gasteiger partial charge on any atom is -0.480 e. The molecule has 1 aromatic rings. The highest BCUT2D eigenvalue weighted by molar-refractivity contribution is 7.11. The lowest BCUT2D eigenvalue weighted by Crippen LogP contribution is -2.49. The predicted octanol–water partition coefficient (Wildman–Crippen LogP) is 1.93. The Bertz CT molecular complexity index is 458. The van der Waals surface area contributed by atoms with E-state index >= 15 is 0 Å². The number of carboxylic acids is 1. The normalized spacial score (nSPS) is 24.2. The minimum atomic E-state index is -1.06. The van der Waals surface area contributed by atoms with Gasteiger partial charge >= 0.3 is 5.97 Å². The van der Waals surface area contributed by atoms with Crippen molar-refractivity contribution >= 4 is 17.3 Å². The fourth-order valence-electron chi connectivity index (χ4n) is 2.46. The topological polar surface area (TPSA) is 66.6 Å². The Hall–Kier alpha value is -0.910. The van der Waals surface area contributed by atoms with E-state index in [4.69, 9.17) is 10.8 Å². The predicted molar refractivity (Wildman–Crippen MR) is 77.3 cm³/mol. The molecule has 1 atom stereocenters. The summed E-state index contributed by atoms with van der Waals surface area (Å²) in [6.07, 6.45) is 1.65. The third-order valence-corrected chi connectivity index (χ3v) is 4.60. The van der Waals surface area contributed by atoms with Gasteiger partial charge in [0.1, 0.15) is 5.54 Å². The third kappa shape index (κ3) is 3.55. The summed E-state index contributed by atoms with van der Waals surface area (Å²) in [5, 5.41) is 9.11. The van der Waals surface area contributed by atoms with Crippen molar-refractivity contribution < 1.29 is 9.90 Å². The highest BCUT2D eigenvalue weighted by atomic mass is 32.1. The number of likely N-dealkylation sites (tertiary alicyclic amines) is 1. The maximum atomic E-state index is 11.1. The molecule has 1 fully saturated rings. The first-order chi connectivity index (χ1) is 8.89. The Labute approximate surface area is 118 Å². The summed E-state index contributed by atoms with van der Waals surface area (Å²) in [5.41, 5.74) is 4.82. The smallest absolute Gasteiger partial charge is 0.325 e. The van der Waals surface area contributed by atoms with Crippen molar-refractivity contribution in [2.75, 3.05) is 13.1 Å². The molecule has 0 aliphatic carbocycles. The maximum absolute atomic E-state index is 11.1. The largest absolute Gasteiger partial charge is 0.480 e. The number of hydrogen-bond acceptors (Lipinski definition) is 4. The van der Waals surface area contributed by atoms with Gasteiger partial charge in [-0.2, -0.15) is 0 Å². The van der Waals surface area contributed by atoms with Crippen LogP contribution in [-0.2, 0) is 17.8 Å². The standard InChI is InChI=1S/C14H22N2O2S/c1-10(2)7-11-3-4-12(19-11)8-16-6-5-14(15,9-16)13(17)18/h3-4,10H,5-9,15H2,1-2H3,(H,17,18)/t14-/m0/s1. The minimum absolute atomic E-state index is 0.444. The zero-order valence-electron chi connectivity index (χ0n) is 11.6. The van der Waals surface area contributed by atoms with E-state index in [9.17, 15) is 4.79 Å². The van der Waals surface area contributed by atoms with Gasteiger partial charge in [-0.25, -0.2) is 0 Å². The van der Waals surface area contributed by atoms with E-state index in [0.29, 0.717) is 18.9 Å². The van der Waals surface area contributed by atoms with Crippen LogP contribution in [0.15, 0.2) is 12.1 Å². The molecule has 0 unspecified atom stereocenters. The van der Waals surface area contributed by atoms with E-state index in [-0.39, 0.29) is 0 Å². The number of rotatable bonds is 5. The molecule has 3 N–H and O–H groups in total. The Balaban J connectivity index is 1.92. The van der Waals surface area contributed by atoms with Crippen LogP contribution in [0.3, 0.4) is 0 Å². The summed E-state index contributed by atoms with van der Waals surface area (Å²) in [4.78, 5) is 15.9. The van der Waals surface area contributed by atoms with Crippen LogP contribution in [0.1, 0.15) is 30.0 Å². The van der Waals surface area contributed by atoms with E-state index in [1.165, 1.54) is 9.75 Å². The summed E-state index contributed by atoms with van der Waals surface area (Å²) in [7, 11) is 0. The second-order valence-electron chi connectivity index (χ2n) is 5.89. The molecule has 2 rings (SSSR count). The second kappa shape index (κ2) is 5.61. The Morgan fingerprint density at radius 1 is 1.53 bits per heavy atom. The molecule has 1 aliphatic heterocycles. The van der Waals surface area contributed by atoms with Gasteiger partial charge in [-0.3, -0.25) is 9.69 Å². The highest BCUT2D eigenvalue weighted by Crippen LogP contribution is 2.25. The molecule has 106 valence electrons. The zero-order valence-corrected chi connectivity index (χ0v) is 12.4. The number of thiophene rings is 1. The van der Waals surface area contributed by atoms with E-state index in [1.54, 1.807) is 0 Å². The van der Waals surface area contributed by atoms with Crippen LogP contribution in [0.2, 0.25) is 0 Å². The third-order valence-electron chi connectivity index (χ3n) is 3.51. The number of carbonyl (C=O) groups is 1. The first kappa shape index (κ1) is 14.5. The fraction of sp³-hybridized carbons (Fsp3) is 0.643. The first-order valence-electron chi connectivity index (χ1n) is 6.71. The molecule has 0 aromatic carbocycles. The molecule has 4 nitrogen and oxygen atoms in total. The monoisotopic (exact) mass is 282 g/mol. The van der Waals surface area contributed by atoms with Gasteiger partial charge in [-0.05, 0) is 30.9 Å². The lowest BCUT2D eigenvalue weighted by atomic mass is 10.0. The molecule has 1 aromatic heterocycles. The molecule has 1 saturated heterocycles. The lowest BCUT2D eigenvalue weighted by Gasteiger charge is -2.19. The van der Waals surface area contributed by atoms with Gasteiger partial charge in [0, 0.05) is 29.4 Å². The summed E-state index contributed by atoms with van der Waals surface area (Å²) < 4.78 is 0. The molecule has 1 aliphatic rings. The summed E-state index contributed by atoms with van der Waals surface area (Å²) >= 11 is 1.83. The van der Waals surface area contributed by atoms with Crippen LogP contribution in [-0.4, -0.2) is 34.6 Å². The van der Waals surface area contributed by atoms with Gasteiger partial charge in [0.25, 0.3) is 0 Å². The van der Waals surface area contributed by atoms with Crippen molar-refractivity contribution in [1.82, 2.24) is 4.90 Å². The molecule has 0 radical (unpaired) electrons. The summed E-state index contributed by atoms with van der Waals surface area (Å²) in [6, 6.07) is 4.34. The number of nitrogens with two attached hydrogens (primary N) is 1. The number of aliphatic carboxylic acids is 1. The van der Waals surface area contributed by atoms with E-state index < -0.39 is 11.5 Å². The number of hydrogen-bond donors (Lipinski definition) is 2. The molecule has 0 spiro atoms. The molecule has 2 heterocycles. The van der Waals surface area contributed by atoms with Gasteiger partial charge in [0.05, 0.1) is 0 Å². The maximum Gasteiger partial charge on any atom is 0.325 e. The van der Waals surface area contributed by atoms with Crippen molar-refractivity contribution in [3.8, 4) is 0 Å². The molecule has 5 heteroatoms. The summed E-state index contributed by atoms with van der Waals surface area (Å²) in [6.45, 7) is 6.46. The first-order valence-corrected chi connectivity index (χ1v) is 7.53. The van der Waals surface area contributed by atoms with Crippen LogP contribution in [0.4, 0.5) is 0 Å². The molecule has 19 heavy (non-hydrogen) atoms. The molecule has 0 bridgehead atoms. The van der Waals surface area contributed by atoms with Crippen LogP contribution in [0, 0.1) is 5.92 Å². The van der Waals surface area contributed by atoms with Crippen LogP contribution in [0.5, 0.6) is 0 Å². The Kier molecular flexibility index (Phi) is 4.28. The number of carboxylic acid groups (broad SMARTS) is 1. The quantitative estimate of drug-likeness (QED) is 0.866. The second-order valence-corrected chi connectivity index (χ2v) is 7.14. The molecular formula is C14H22N2O2S. The van der Waals surface area contributed by atoms with Gasteiger partial charge in [0.15, 0.2) is 0 Å². The van der Waals surface area contributed by atoms with Crippen molar-refractivity contribution in [3.05, 3.63) is 21.9 Å². The van der Waals surface area contributed by atoms with Gasteiger partial charge in [0.2, 0.25) is 0 Å². The van der Waals surface area contributed by atoms with Gasteiger partial charge < -0.3 is 10.8 Å². The SMILES string of the molecule is CC(C)Cc1ccc(CN2CC[C@@](N)(C(=O)O)C2)s1. The highest BCUT2D eigenvalue weighted by Gasteiger charge is 2.41. The van der Waals surface area contributed by atoms with Crippen molar-refractivity contribution in [2.24, 2.45) is 11.7 Å². The van der Waals surface area contributed by atoms with Gasteiger partial charge in [-0.15, -0.1) is 11.3 Å². The van der Waals surface area contributed by atoms with Crippen molar-refractivity contribution in [2.45, 2.75) is 38.8 Å². The molecule has 0 saturated carbocycles. The van der Waals surface area contributed by atoms with Crippen LogP contribution in [0.25, 0.3) is 0 Å². The summed E-state index contributed by atoms with van der Waals surface area (Å²) in [5.74, 6) is -0.219. The van der Waals surface area contributed by atoms with Crippen molar-refractivity contribution in [3.63, 3.8) is 0 Å². The number of nitrogens with zero attached hydrogens (tertiary/aromatic N) is 1.